The number of aromatic nitrogens is 3. The smallest absolute Gasteiger partial charge is 0.137 e. The second-order valence-corrected chi connectivity index (χ2v) is 5.10. The third kappa shape index (κ3) is 1.17. The van der Waals surface area contributed by atoms with Crippen molar-refractivity contribution >= 4 is 38.5 Å². The molecule has 94 valence electrons. The molecule has 20 heavy (non-hydrogen) atoms. The van der Waals surface area contributed by atoms with E-state index in [2.05, 4.69) is 57.0 Å². The van der Waals surface area contributed by atoms with Crippen LogP contribution in [0.5, 0.6) is 0 Å². The molecule has 0 radical (unpaired) electrons. The summed E-state index contributed by atoms with van der Waals surface area (Å²) in [5.74, 6) is 0. The predicted octanol–water partition coefficient (Wildman–Crippen LogP) is 4.12. The van der Waals surface area contributed by atoms with Gasteiger partial charge in [-0.1, -0.05) is 24.3 Å². The van der Waals surface area contributed by atoms with Crippen LogP contribution in [0.4, 0.5) is 0 Å². The normalized spacial score (nSPS) is 12.0. The zero-order valence-electron chi connectivity index (χ0n) is 10.7. The molecular formula is C17H11N3. The van der Waals surface area contributed by atoms with E-state index in [-0.39, 0.29) is 0 Å². The molecular weight excluding hydrogens is 246 g/mol. The average molecular weight is 257 g/mol. The lowest BCUT2D eigenvalue weighted by Gasteiger charge is -1.95. The molecule has 0 saturated carbocycles. The average Bonchev–Trinajstić information content (AvgIpc) is 3.02. The van der Waals surface area contributed by atoms with Gasteiger partial charge in [0.1, 0.15) is 5.65 Å². The molecule has 3 nitrogen and oxygen atoms in total. The zero-order valence-corrected chi connectivity index (χ0v) is 10.7. The van der Waals surface area contributed by atoms with E-state index in [9.17, 15) is 0 Å². The number of hydrogen-bond donors (Lipinski definition) is 1. The van der Waals surface area contributed by atoms with Crippen LogP contribution in [0.1, 0.15) is 0 Å². The first-order chi connectivity index (χ1) is 9.90. The first kappa shape index (κ1) is 10.0. The Morgan fingerprint density at radius 1 is 0.850 bits per heavy atom. The Hall–Kier alpha value is -2.81. The Bertz CT molecular complexity index is 1010. The predicted molar refractivity (Wildman–Crippen MR) is 82.1 cm³/mol. The summed E-state index contributed by atoms with van der Waals surface area (Å²) in [6.45, 7) is 0. The summed E-state index contributed by atoms with van der Waals surface area (Å²) < 4.78 is 2.14. The maximum absolute atomic E-state index is 4.68. The quantitative estimate of drug-likeness (QED) is 0.444. The monoisotopic (exact) mass is 257 g/mol. The van der Waals surface area contributed by atoms with E-state index in [0.29, 0.717) is 0 Å². The molecule has 0 bridgehead atoms. The number of benzene rings is 2. The molecule has 3 heteroatoms. The second kappa shape index (κ2) is 3.39. The number of aromatic amines is 1. The fraction of sp³-hybridized carbons (Fsp3) is 0. The van der Waals surface area contributed by atoms with E-state index in [1.165, 1.54) is 16.3 Å². The molecule has 0 aliphatic carbocycles. The molecule has 0 aliphatic rings. The first-order valence-corrected chi connectivity index (χ1v) is 6.67. The van der Waals surface area contributed by atoms with Crippen molar-refractivity contribution in [2.45, 2.75) is 0 Å². The van der Waals surface area contributed by atoms with Crippen LogP contribution in [-0.2, 0) is 0 Å². The lowest BCUT2D eigenvalue weighted by Crippen LogP contribution is -1.81. The van der Waals surface area contributed by atoms with Crippen LogP contribution in [0, 0.1) is 0 Å². The number of hydrogen-bond acceptors (Lipinski definition) is 1. The van der Waals surface area contributed by atoms with Gasteiger partial charge in [-0.3, -0.25) is 4.40 Å². The van der Waals surface area contributed by atoms with E-state index in [1.807, 2.05) is 18.2 Å². The molecule has 0 unspecified atom stereocenters. The van der Waals surface area contributed by atoms with E-state index >= 15 is 0 Å². The molecule has 0 atom stereocenters. The number of para-hydroxylation sites is 1. The summed E-state index contributed by atoms with van der Waals surface area (Å²) in [7, 11) is 0. The molecule has 0 saturated heterocycles. The highest BCUT2D eigenvalue weighted by Crippen LogP contribution is 2.29. The Kier molecular flexibility index (Phi) is 1.70. The van der Waals surface area contributed by atoms with E-state index in [1.54, 1.807) is 0 Å². The number of nitrogens with zero attached hydrogens (tertiary/aromatic N) is 2. The van der Waals surface area contributed by atoms with E-state index < -0.39 is 0 Å². The van der Waals surface area contributed by atoms with Crippen LogP contribution >= 0.6 is 0 Å². The highest BCUT2D eigenvalue weighted by molar-refractivity contribution is 6.11. The molecule has 0 spiro atoms. The van der Waals surface area contributed by atoms with Crippen LogP contribution in [0.15, 0.2) is 60.8 Å². The van der Waals surface area contributed by atoms with Crippen molar-refractivity contribution in [3.63, 3.8) is 0 Å². The molecule has 0 aliphatic heterocycles. The van der Waals surface area contributed by atoms with Crippen LogP contribution in [0.25, 0.3) is 38.5 Å². The Balaban J connectivity index is 2.06. The molecule has 5 aromatic rings. The van der Waals surface area contributed by atoms with Gasteiger partial charge < -0.3 is 4.98 Å². The number of imidazole rings is 1. The number of nitrogens with one attached hydrogen (secondary N) is 1. The Morgan fingerprint density at radius 3 is 2.75 bits per heavy atom. The van der Waals surface area contributed by atoms with Gasteiger partial charge in [0.15, 0.2) is 0 Å². The Morgan fingerprint density at radius 2 is 1.75 bits per heavy atom. The van der Waals surface area contributed by atoms with Crippen molar-refractivity contribution in [3.8, 4) is 0 Å². The van der Waals surface area contributed by atoms with Gasteiger partial charge >= 0.3 is 0 Å². The van der Waals surface area contributed by atoms with E-state index in [4.69, 9.17) is 0 Å². The van der Waals surface area contributed by atoms with Crippen molar-refractivity contribution in [3.05, 3.63) is 60.8 Å². The second-order valence-electron chi connectivity index (χ2n) is 5.10. The van der Waals surface area contributed by atoms with E-state index in [0.717, 1.165) is 22.2 Å². The van der Waals surface area contributed by atoms with Crippen LogP contribution < -0.4 is 0 Å². The molecule has 2 aromatic carbocycles. The summed E-state index contributed by atoms with van der Waals surface area (Å²) in [6, 6.07) is 18.8. The van der Waals surface area contributed by atoms with Crippen LogP contribution in [0.3, 0.4) is 0 Å². The van der Waals surface area contributed by atoms with Crippen LogP contribution in [-0.4, -0.2) is 14.4 Å². The van der Waals surface area contributed by atoms with Gasteiger partial charge in [0, 0.05) is 28.0 Å². The fourth-order valence-corrected chi connectivity index (χ4v) is 3.01. The van der Waals surface area contributed by atoms with Gasteiger partial charge in [0.05, 0.1) is 11.0 Å². The standard InChI is InChI=1S/C17H11N3/c1-2-6-13-11(5-1)12-9-16-15(10-14(12)18-13)19-17-7-3-4-8-20(16)17/h1-10,18H. The maximum atomic E-state index is 4.68. The van der Waals surface area contributed by atoms with Gasteiger partial charge in [-0.05, 0) is 30.3 Å². The molecule has 0 amide bonds. The maximum Gasteiger partial charge on any atom is 0.137 e. The summed E-state index contributed by atoms with van der Waals surface area (Å²) >= 11 is 0. The highest BCUT2D eigenvalue weighted by atomic mass is 15.0. The summed E-state index contributed by atoms with van der Waals surface area (Å²) in [5.41, 5.74) is 5.47. The van der Waals surface area contributed by atoms with Gasteiger partial charge in [0.2, 0.25) is 0 Å². The summed E-state index contributed by atoms with van der Waals surface area (Å²) in [6.07, 6.45) is 2.06. The number of rotatable bonds is 0. The molecule has 3 aromatic heterocycles. The van der Waals surface area contributed by atoms with Crippen molar-refractivity contribution in [1.29, 1.82) is 0 Å². The minimum atomic E-state index is 0.986. The SMILES string of the molecule is c1ccc2c(c1)[nH]c1cc3nc4ccccn4c3cc12. The van der Waals surface area contributed by atoms with Gasteiger partial charge in [0.25, 0.3) is 0 Å². The zero-order chi connectivity index (χ0) is 13.1. The first-order valence-electron chi connectivity index (χ1n) is 6.67. The molecule has 5 rings (SSSR count). The van der Waals surface area contributed by atoms with Crippen molar-refractivity contribution in [2.75, 3.05) is 0 Å². The fourth-order valence-electron chi connectivity index (χ4n) is 3.01. The third-order valence-electron chi connectivity index (χ3n) is 3.93. The van der Waals surface area contributed by atoms with Gasteiger partial charge in [-0.15, -0.1) is 0 Å². The number of pyridine rings is 1. The van der Waals surface area contributed by atoms with Crippen molar-refractivity contribution < 1.29 is 0 Å². The number of fused-ring (bicyclic) bond motifs is 6. The summed E-state index contributed by atoms with van der Waals surface area (Å²) in [4.78, 5) is 8.14. The molecule has 1 N–H and O–H groups in total. The molecule has 3 heterocycles. The lowest BCUT2D eigenvalue weighted by molar-refractivity contribution is 1.23. The third-order valence-corrected chi connectivity index (χ3v) is 3.93. The largest absolute Gasteiger partial charge is 0.354 e. The number of H-pyrrole nitrogens is 1. The van der Waals surface area contributed by atoms with Crippen molar-refractivity contribution in [2.24, 2.45) is 0 Å². The minimum Gasteiger partial charge on any atom is -0.354 e. The van der Waals surface area contributed by atoms with Crippen molar-refractivity contribution in [1.82, 2.24) is 14.4 Å². The minimum absolute atomic E-state index is 0.986. The van der Waals surface area contributed by atoms with Gasteiger partial charge in [-0.2, -0.15) is 0 Å². The topological polar surface area (TPSA) is 33.1 Å². The molecule has 0 fully saturated rings. The van der Waals surface area contributed by atoms with Gasteiger partial charge in [-0.25, -0.2) is 4.98 Å². The highest BCUT2D eigenvalue weighted by Gasteiger charge is 2.09. The summed E-state index contributed by atoms with van der Waals surface area (Å²) in [5, 5.41) is 2.51. The van der Waals surface area contributed by atoms with Crippen LogP contribution in [0.2, 0.25) is 0 Å². The Labute approximate surface area is 114 Å². The lowest BCUT2D eigenvalue weighted by atomic mass is 10.1.